The highest BCUT2D eigenvalue weighted by Gasteiger charge is 2.38. The second-order valence-electron chi connectivity index (χ2n) is 4.21. The average molecular weight is 204 g/mol. The minimum absolute atomic E-state index is 0.136. The summed E-state index contributed by atoms with van der Waals surface area (Å²) in [5, 5.41) is 2.91. The zero-order chi connectivity index (χ0) is 10.8. The smallest absolute Gasteiger partial charge is 0.227 e. The molecule has 0 bridgehead atoms. The molecule has 2 rings (SSSR count). The molecule has 3 nitrogen and oxygen atoms in total. The van der Waals surface area contributed by atoms with Crippen molar-refractivity contribution in [2.75, 3.05) is 5.32 Å². The Bertz CT molecular complexity index is 376. The molecule has 1 saturated carbocycles. The third-order valence-corrected chi connectivity index (χ3v) is 2.88. The second kappa shape index (κ2) is 4.03. The van der Waals surface area contributed by atoms with Gasteiger partial charge in [0.05, 0.1) is 0 Å². The van der Waals surface area contributed by atoms with Crippen molar-refractivity contribution >= 4 is 11.6 Å². The highest BCUT2D eigenvalue weighted by atomic mass is 16.2. The van der Waals surface area contributed by atoms with Gasteiger partial charge >= 0.3 is 0 Å². The topological polar surface area (TPSA) is 55.1 Å². The van der Waals surface area contributed by atoms with Gasteiger partial charge in [-0.15, -0.1) is 0 Å². The molecular formula is C12H16N2O. The van der Waals surface area contributed by atoms with E-state index in [-0.39, 0.29) is 11.8 Å². The molecule has 0 heterocycles. The zero-order valence-electron chi connectivity index (χ0n) is 8.86. The van der Waals surface area contributed by atoms with Crippen LogP contribution in [-0.2, 0) is 11.3 Å². The van der Waals surface area contributed by atoms with Gasteiger partial charge in [0, 0.05) is 18.2 Å². The van der Waals surface area contributed by atoms with Crippen LogP contribution in [-0.4, -0.2) is 5.91 Å². The Labute approximate surface area is 89.7 Å². The van der Waals surface area contributed by atoms with E-state index < -0.39 is 0 Å². The van der Waals surface area contributed by atoms with Crippen molar-refractivity contribution in [3.05, 3.63) is 29.8 Å². The van der Waals surface area contributed by atoms with Gasteiger partial charge in [0.15, 0.2) is 0 Å². The molecule has 2 unspecified atom stereocenters. The molecule has 0 aromatic heterocycles. The number of benzene rings is 1. The van der Waals surface area contributed by atoms with Gasteiger partial charge < -0.3 is 11.1 Å². The number of rotatable bonds is 3. The number of carbonyl (C=O) groups excluding carboxylic acids is 1. The summed E-state index contributed by atoms with van der Waals surface area (Å²) in [6.45, 7) is 2.60. The van der Waals surface area contributed by atoms with Gasteiger partial charge in [0.1, 0.15) is 0 Å². The molecule has 1 fully saturated rings. The molecule has 1 aliphatic rings. The molecule has 1 aromatic rings. The van der Waals surface area contributed by atoms with Gasteiger partial charge in [-0.1, -0.05) is 19.1 Å². The van der Waals surface area contributed by atoms with Crippen LogP contribution in [0.1, 0.15) is 18.9 Å². The van der Waals surface area contributed by atoms with Gasteiger partial charge in [-0.3, -0.25) is 4.79 Å². The fourth-order valence-electron chi connectivity index (χ4n) is 1.70. The largest absolute Gasteiger partial charge is 0.326 e. The monoisotopic (exact) mass is 204 g/mol. The summed E-state index contributed by atoms with van der Waals surface area (Å²) in [5.74, 6) is 0.894. The van der Waals surface area contributed by atoms with Crippen molar-refractivity contribution in [2.24, 2.45) is 17.6 Å². The maximum atomic E-state index is 11.6. The fourth-order valence-corrected chi connectivity index (χ4v) is 1.70. The van der Waals surface area contributed by atoms with E-state index in [1.54, 1.807) is 0 Å². The maximum Gasteiger partial charge on any atom is 0.227 e. The maximum absolute atomic E-state index is 11.6. The summed E-state index contributed by atoms with van der Waals surface area (Å²) in [6, 6.07) is 7.68. The molecule has 0 aliphatic heterocycles. The van der Waals surface area contributed by atoms with Crippen molar-refractivity contribution in [1.82, 2.24) is 0 Å². The third-order valence-electron chi connectivity index (χ3n) is 2.88. The first-order valence-electron chi connectivity index (χ1n) is 5.30. The van der Waals surface area contributed by atoms with Crippen molar-refractivity contribution in [3.8, 4) is 0 Å². The second-order valence-corrected chi connectivity index (χ2v) is 4.21. The molecule has 1 aromatic carbocycles. The molecule has 80 valence electrons. The lowest BCUT2D eigenvalue weighted by Gasteiger charge is -2.05. The lowest BCUT2D eigenvalue weighted by atomic mass is 10.2. The molecule has 2 atom stereocenters. The Kier molecular flexibility index (Phi) is 2.73. The van der Waals surface area contributed by atoms with Crippen LogP contribution in [0.2, 0.25) is 0 Å². The number of anilines is 1. The lowest BCUT2D eigenvalue weighted by Crippen LogP contribution is -2.14. The fraction of sp³-hybridized carbons (Fsp3) is 0.417. The van der Waals surface area contributed by atoms with Crippen LogP contribution in [0.4, 0.5) is 5.69 Å². The van der Waals surface area contributed by atoms with Gasteiger partial charge in [-0.2, -0.15) is 0 Å². The van der Waals surface area contributed by atoms with Gasteiger partial charge in [-0.25, -0.2) is 0 Å². The van der Waals surface area contributed by atoms with Crippen LogP contribution < -0.4 is 11.1 Å². The van der Waals surface area contributed by atoms with Crippen LogP contribution in [0.3, 0.4) is 0 Å². The number of nitrogens with two attached hydrogens (primary N) is 1. The summed E-state index contributed by atoms with van der Waals surface area (Å²) in [4.78, 5) is 11.6. The molecule has 1 aliphatic carbocycles. The van der Waals surface area contributed by atoms with Gasteiger partial charge in [-0.05, 0) is 30.0 Å². The number of nitrogens with one attached hydrogen (secondary N) is 1. The number of hydrogen-bond acceptors (Lipinski definition) is 2. The number of carbonyl (C=O) groups is 1. The van der Waals surface area contributed by atoms with Crippen LogP contribution in [0.15, 0.2) is 24.3 Å². The standard InChI is InChI=1S/C12H16N2O/c1-8-5-11(8)12(15)14-10-4-2-3-9(6-10)7-13/h2-4,6,8,11H,5,7,13H2,1H3,(H,14,15). The Hall–Kier alpha value is -1.35. The molecule has 15 heavy (non-hydrogen) atoms. The molecule has 1 amide bonds. The molecule has 0 radical (unpaired) electrons. The first-order valence-corrected chi connectivity index (χ1v) is 5.30. The Morgan fingerprint density at radius 2 is 2.33 bits per heavy atom. The van der Waals surface area contributed by atoms with Crippen molar-refractivity contribution in [3.63, 3.8) is 0 Å². The van der Waals surface area contributed by atoms with Gasteiger partial charge in [0.25, 0.3) is 0 Å². The quantitative estimate of drug-likeness (QED) is 0.788. The average Bonchev–Trinajstić information content (AvgIpc) is 2.96. The van der Waals surface area contributed by atoms with E-state index in [0.717, 1.165) is 17.7 Å². The van der Waals surface area contributed by atoms with E-state index in [4.69, 9.17) is 5.73 Å². The summed E-state index contributed by atoms with van der Waals surface area (Å²) in [5.41, 5.74) is 7.42. The molecule has 0 saturated heterocycles. The Morgan fingerprint density at radius 1 is 1.60 bits per heavy atom. The van der Waals surface area contributed by atoms with Gasteiger partial charge in [0.2, 0.25) is 5.91 Å². The summed E-state index contributed by atoms with van der Waals surface area (Å²) in [6.07, 6.45) is 1.02. The summed E-state index contributed by atoms with van der Waals surface area (Å²) < 4.78 is 0. The van der Waals surface area contributed by atoms with E-state index >= 15 is 0 Å². The Balaban J connectivity index is 2.00. The first kappa shape index (κ1) is 10.2. The lowest BCUT2D eigenvalue weighted by molar-refractivity contribution is -0.117. The minimum atomic E-state index is 0.136. The predicted octanol–water partition coefficient (Wildman–Crippen LogP) is 1.74. The van der Waals surface area contributed by atoms with Crippen LogP contribution in [0, 0.1) is 11.8 Å². The van der Waals surface area contributed by atoms with Crippen LogP contribution >= 0.6 is 0 Å². The van der Waals surface area contributed by atoms with Crippen LogP contribution in [0.25, 0.3) is 0 Å². The predicted molar refractivity (Wildman–Crippen MR) is 60.2 cm³/mol. The van der Waals surface area contributed by atoms with E-state index in [0.29, 0.717) is 12.5 Å². The van der Waals surface area contributed by atoms with E-state index in [1.807, 2.05) is 24.3 Å². The SMILES string of the molecule is CC1CC1C(=O)Nc1cccc(CN)c1. The number of amides is 1. The zero-order valence-corrected chi connectivity index (χ0v) is 8.86. The summed E-state index contributed by atoms with van der Waals surface area (Å²) in [7, 11) is 0. The molecular weight excluding hydrogens is 188 g/mol. The third kappa shape index (κ3) is 2.36. The molecule has 3 heteroatoms. The normalized spacial score (nSPS) is 23.6. The number of hydrogen-bond donors (Lipinski definition) is 2. The Morgan fingerprint density at radius 3 is 2.93 bits per heavy atom. The van der Waals surface area contributed by atoms with Crippen molar-refractivity contribution in [2.45, 2.75) is 19.9 Å². The van der Waals surface area contributed by atoms with Crippen molar-refractivity contribution in [1.29, 1.82) is 0 Å². The van der Waals surface area contributed by atoms with E-state index in [9.17, 15) is 4.79 Å². The molecule has 3 N–H and O–H groups in total. The summed E-state index contributed by atoms with van der Waals surface area (Å²) >= 11 is 0. The minimum Gasteiger partial charge on any atom is -0.326 e. The highest BCUT2D eigenvalue weighted by Crippen LogP contribution is 2.38. The first-order chi connectivity index (χ1) is 7.20. The van der Waals surface area contributed by atoms with E-state index in [1.165, 1.54) is 0 Å². The van der Waals surface area contributed by atoms with Crippen LogP contribution in [0.5, 0.6) is 0 Å². The molecule has 0 spiro atoms. The van der Waals surface area contributed by atoms with E-state index in [2.05, 4.69) is 12.2 Å². The highest BCUT2D eigenvalue weighted by molar-refractivity contribution is 5.94. The van der Waals surface area contributed by atoms with Crippen molar-refractivity contribution < 1.29 is 4.79 Å².